The minimum atomic E-state index is 0.265. The molecule has 1 nitrogen and oxygen atoms in total. The van der Waals surface area contributed by atoms with E-state index in [1.807, 2.05) is 0 Å². The Kier molecular flexibility index (Phi) is 5.27. The highest BCUT2D eigenvalue weighted by Crippen LogP contribution is 2.68. The highest BCUT2D eigenvalue weighted by atomic mass is 16.3. The van der Waals surface area contributed by atoms with Gasteiger partial charge in [0.05, 0.1) is 0 Å². The van der Waals surface area contributed by atoms with E-state index >= 15 is 0 Å². The molecule has 0 saturated heterocycles. The van der Waals surface area contributed by atoms with Gasteiger partial charge in [-0.25, -0.2) is 0 Å². The molecule has 0 bridgehead atoms. The molecule has 8 unspecified atom stereocenters. The molecular weight excluding hydrogens is 328 g/mol. The van der Waals surface area contributed by atoms with Crippen molar-refractivity contribution in [1.29, 1.82) is 0 Å². The Labute approximate surface area is 169 Å². The van der Waals surface area contributed by atoms with Crippen molar-refractivity contribution in [2.45, 2.75) is 105 Å². The zero-order chi connectivity index (χ0) is 19.4. The highest BCUT2D eigenvalue weighted by Gasteiger charge is 2.59. The first-order valence-electron chi connectivity index (χ1n) is 12.3. The van der Waals surface area contributed by atoms with Crippen molar-refractivity contribution >= 4 is 0 Å². The monoisotopic (exact) mass is 374 g/mol. The maximum Gasteiger partial charge on any atom is 0.0461 e. The Hall–Kier alpha value is -0.0400. The lowest BCUT2D eigenvalue weighted by atomic mass is 9.44. The van der Waals surface area contributed by atoms with Crippen LogP contribution in [0.5, 0.6) is 0 Å². The molecule has 4 fully saturated rings. The number of rotatable bonds is 4. The van der Waals surface area contributed by atoms with Crippen molar-refractivity contribution in [2.24, 2.45) is 51.8 Å². The van der Waals surface area contributed by atoms with Crippen LogP contribution in [0.1, 0.15) is 105 Å². The zero-order valence-electron chi connectivity index (χ0n) is 18.9. The normalized spacial score (nSPS) is 48.4. The van der Waals surface area contributed by atoms with Crippen molar-refractivity contribution in [3.63, 3.8) is 0 Å². The Morgan fingerprint density at radius 3 is 2.37 bits per heavy atom. The van der Waals surface area contributed by atoms with Crippen molar-refractivity contribution in [3.8, 4) is 0 Å². The second-order valence-corrected chi connectivity index (χ2v) is 12.5. The standard InChI is InChI=1S/C26H46O/c1-18(17-27)24(2,3)16-20-10-12-22-21-11-9-19-8-6-7-14-25(19,4)23(21)13-15-26(20,22)5/h18-23,27H,6-17H2,1-5H3. The molecule has 1 N–H and O–H groups in total. The fourth-order valence-electron chi connectivity index (χ4n) is 8.82. The molecule has 4 rings (SSSR count). The molecule has 27 heavy (non-hydrogen) atoms. The third-order valence-electron chi connectivity index (χ3n) is 11.2. The first-order valence-corrected chi connectivity index (χ1v) is 12.3. The molecule has 0 aromatic rings. The van der Waals surface area contributed by atoms with Crippen LogP contribution in [0, 0.1) is 51.8 Å². The van der Waals surface area contributed by atoms with Crippen molar-refractivity contribution in [3.05, 3.63) is 0 Å². The lowest BCUT2D eigenvalue weighted by Crippen LogP contribution is -2.52. The fourth-order valence-corrected chi connectivity index (χ4v) is 8.82. The summed E-state index contributed by atoms with van der Waals surface area (Å²) in [7, 11) is 0. The quantitative estimate of drug-likeness (QED) is 0.557. The van der Waals surface area contributed by atoms with Gasteiger partial charge < -0.3 is 5.11 Å². The molecule has 4 aliphatic carbocycles. The lowest BCUT2D eigenvalue weighted by Gasteiger charge is -2.60. The van der Waals surface area contributed by atoms with E-state index in [4.69, 9.17) is 0 Å². The second-order valence-electron chi connectivity index (χ2n) is 12.5. The van der Waals surface area contributed by atoms with Gasteiger partial charge in [0, 0.05) is 6.61 Å². The van der Waals surface area contributed by atoms with Gasteiger partial charge >= 0.3 is 0 Å². The summed E-state index contributed by atoms with van der Waals surface area (Å²) in [5, 5.41) is 9.73. The van der Waals surface area contributed by atoms with E-state index in [2.05, 4.69) is 34.6 Å². The van der Waals surface area contributed by atoms with Gasteiger partial charge in [-0.2, -0.15) is 0 Å². The Balaban J connectivity index is 1.53. The molecule has 0 aliphatic heterocycles. The predicted molar refractivity (Wildman–Crippen MR) is 114 cm³/mol. The van der Waals surface area contributed by atoms with Gasteiger partial charge in [-0.05, 0) is 110 Å². The number of fused-ring (bicyclic) bond motifs is 5. The Bertz CT molecular complexity index is 538. The molecule has 0 heterocycles. The second kappa shape index (κ2) is 7.03. The Morgan fingerprint density at radius 1 is 0.889 bits per heavy atom. The molecule has 4 aliphatic rings. The van der Waals surface area contributed by atoms with Crippen LogP contribution in [-0.4, -0.2) is 11.7 Å². The minimum absolute atomic E-state index is 0.265. The SMILES string of the molecule is CC(CO)C(C)(C)CC1CCC2C3CCC4CCCCC4(C)C3CCC12C. The topological polar surface area (TPSA) is 20.2 Å². The third kappa shape index (κ3) is 3.13. The van der Waals surface area contributed by atoms with E-state index < -0.39 is 0 Å². The maximum absolute atomic E-state index is 9.73. The molecule has 4 saturated carbocycles. The molecule has 0 aromatic carbocycles. The maximum atomic E-state index is 9.73. The summed E-state index contributed by atoms with van der Waals surface area (Å²) in [6, 6.07) is 0. The van der Waals surface area contributed by atoms with E-state index in [1.165, 1.54) is 70.6 Å². The van der Waals surface area contributed by atoms with E-state index in [1.54, 1.807) is 0 Å². The fraction of sp³-hybridized carbons (Fsp3) is 1.00. The van der Waals surface area contributed by atoms with Gasteiger partial charge in [0.25, 0.3) is 0 Å². The predicted octanol–water partition coefficient (Wildman–Crippen LogP) is 7.08. The van der Waals surface area contributed by atoms with Gasteiger partial charge in [-0.1, -0.05) is 47.5 Å². The van der Waals surface area contributed by atoms with E-state index in [-0.39, 0.29) is 5.41 Å². The van der Waals surface area contributed by atoms with Crippen LogP contribution < -0.4 is 0 Å². The minimum Gasteiger partial charge on any atom is -0.396 e. The molecule has 156 valence electrons. The summed E-state index contributed by atoms with van der Waals surface area (Å²) in [6.45, 7) is 12.8. The van der Waals surface area contributed by atoms with Crippen LogP contribution in [0.15, 0.2) is 0 Å². The van der Waals surface area contributed by atoms with E-state index in [9.17, 15) is 5.11 Å². The first-order chi connectivity index (χ1) is 12.7. The summed E-state index contributed by atoms with van der Waals surface area (Å²) < 4.78 is 0. The molecule has 8 atom stereocenters. The Morgan fingerprint density at radius 2 is 1.63 bits per heavy atom. The summed E-state index contributed by atoms with van der Waals surface area (Å²) in [6.07, 6.45) is 16.4. The number of aliphatic hydroxyl groups is 1. The lowest BCUT2D eigenvalue weighted by molar-refractivity contribution is -0.113. The van der Waals surface area contributed by atoms with Crippen molar-refractivity contribution in [1.82, 2.24) is 0 Å². The van der Waals surface area contributed by atoms with Gasteiger partial charge in [-0.15, -0.1) is 0 Å². The summed E-state index contributed by atoms with van der Waals surface area (Å²) in [4.78, 5) is 0. The van der Waals surface area contributed by atoms with Gasteiger partial charge in [0.1, 0.15) is 0 Å². The van der Waals surface area contributed by atoms with Crippen LogP contribution in [0.4, 0.5) is 0 Å². The first kappa shape index (κ1) is 20.2. The van der Waals surface area contributed by atoms with E-state index in [0.717, 1.165) is 29.6 Å². The average molecular weight is 375 g/mol. The summed E-state index contributed by atoms with van der Waals surface area (Å²) >= 11 is 0. The smallest absolute Gasteiger partial charge is 0.0461 e. The molecule has 0 amide bonds. The van der Waals surface area contributed by atoms with Gasteiger partial charge in [-0.3, -0.25) is 0 Å². The van der Waals surface area contributed by atoms with Crippen molar-refractivity contribution in [2.75, 3.05) is 6.61 Å². The van der Waals surface area contributed by atoms with Crippen LogP contribution in [0.3, 0.4) is 0 Å². The molecule has 0 radical (unpaired) electrons. The number of hydrogen-bond donors (Lipinski definition) is 1. The number of hydrogen-bond acceptors (Lipinski definition) is 1. The van der Waals surface area contributed by atoms with Crippen LogP contribution in [-0.2, 0) is 0 Å². The van der Waals surface area contributed by atoms with Crippen LogP contribution in [0.25, 0.3) is 0 Å². The summed E-state index contributed by atoms with van der Waals surface area (Å²) in [5.74, 6) is 5.36. The van der Waals surface area contributed by atoms with Crippen molar-refractivity contribution < 1.29 is 5.11 Å². The highest BCUT2D eigenvalue weighted by molar-refractivity contribution is 5.09. The van der Waals surface area contributed by atoms with E-state index in [0.29, 0.717) is 23.4 Å². The van der Waals surface area contributed by atoms with Gasteiger partial charge in [0.2, 0.25) is 0 Å². The van der Waals surface area contributed by atoms with Crippen LogP contribution in [0.2, 0.25) is 0 Å². The largest absolute Gasteiger partial charge is 0.396 e. The molecule has 1 heteroatoms. The molecule has 0 spiro atoms. The van der Waals surface area contributed by atoms with Gasteiger partial charge in [0.15, 0.2) is 0 Å². The summed E-state index contributed by atoms with van der Waals surface area (Å²) in [5.41, 5.74) is 1.51. The van der Waals surface area contributed by atoms with Crippen LogP contribution >= 0.6 is 0 Å². The third-order valence-corrected chi connectivity index (χ3v) is 11.2. The molecule has 0 aromatic heterocycles. The molecular formula is C26H46O. The zero-order valence-corrected chi connectivity index (χ0v) is 18.9. The average Bonchev–Trinajstić information content (AvgIpc) is 2.96. The number of aliphatic hydroxyl groups excluding tert-OH is 1.